The van der Waals surface area contributed by atoms with Gasteiger partial charge in [-0.1, -0.05) is 0 Å². The molecule has 0 atom stereocenters. The number of nitrogens with zero attached hydrogens (tertiary/aromatic N) is 5. The predicted octanol–water partition coefficient (Wildman–Crippen LogP) is 2.39. The van der Waals surface area contributed by atoms with Gasteiger partial charge in [-0.25, -0.2) is 15.0 Å². The topological polar surface area (TPSA) is 116 Å². The highest BCUT2D eigenvalue weighted by Gasteiger charge is 2.27. The SMILES string of the molecule is COCCN(CCOC)c1ncnc(Nc2ccc(Br)cn2)c1[N+](=O)[O-]. The van der Waals surface area contributed by atoms with Crippen LogP contribution in [0, 0.1) is 10.1 Å². The minimum atomic E-state index is -0.511. The van der Waals surface area contributed by atoms with E-state index in [1.54, 1.807) is 37.4 Å². The molecule has 11 heteroatoms. The van der Waals surface area contributed by atoms with Crippen LogP contribution in [0.4, 0.5) is 23.1 Å². The summed E-state index contributed by atoms with van der Waals surface area (Å²) in [5.41, 5.74) is -0.232. The zero-order valence-electron chi connectivity index (χ0n) is 14.4. The van der Waals surface area contributed by atoms with E-state index < -0.39 is 4.92 Å². The van der Waals surface area contributed by atoms with Crippen LogP contribution < -0.4 is 10.2 Å². The zero-order chi connectivity index (χ0) is 18.9. The number of halogens is 1. The van der Waals surface area contributed by atoms with E-state index in [-0.39, 0.29) is 17.3 Å². The second-order valence-electron chi connectivity index (χ2n) is 5.11. The van der Waals surface area contributed by atoms with E-state index in [0.29, 0.717) is 32.1 Å². The van der Waals surface area contributed by atoms with Gasteiger partial charge in [0.25, 0.3) is 0 Å². The quantitative estimate of drug-likeness (QED) is 0.451. The van der Waals surface area contributed by atoms with Crippen molar-refractivity contribution in [2.24, 2.45) is 0 Å². The van der Waals surface area contributed by atoms with E-state index in [1.165, 1.54) is 6.33 Å². The van der Waals surface area contributed by atoms with E-state index >= 15 is 0 Å². The number of hydrogen-bond acceptors (Lipinski definition) is 9. The number of aromatic nitrogens is 3. The van der Waals surface area contributed by atoms with Crippen LogP contribution in [0.3, 0.4) is 0 Å². The van der Waals surface area contributed by atoms with Crippen molar-refractivity contribution in [3.63, 3.8) is 0 Å². The lowest BCUT2D eigenvalue weighted by molar-refractivity contribution is -0.383. The first kappa shape index (κ1) is 19.9. The molecule has 0 aliphatic carbocycles. The Morgan fingerprint density at radius 3 is 2.42 bits per heavy atom. The Morgan fingerprint density at radius 1 is 1.19 bits per heavy atom. The van der Waals surface area contributed by atoms with Gasteiger partial charge < -0.3 is 19.7 Å². The third-order valence-corrected chi connectivity index (χ3v) is 3.86. The number of anilines is 3. The number of hydrogen-bond donors (Lipinski definition) is 1. The summed E-state index contributed by atoms with van der Waals surface area (Å²) in [5.74, 6) is 0.689. The third-order valence-electron chi connectivity index (χ3n) is 3.39. The van der Waals surface area contributed by atoms with Crippen molar-refractivity contribution in [2.75, 3.05) is 50.7 Å². The summed E-state index contributed by atoms with van der Waals surface area (Å²) < 4.78 is 11.0. The van der Waals surface area contributed by atoms with Gasteiger partial charge in [0, 0.05) is 38.0 Å². The normalized spacial score (nSPS) is 10.6. The summed E-state index contributed by atoms with van der Waals surface area (Å²) in [4.78, 5) is 25.2. The number of nitrogens with one attached hydrogen (secondary N) is 1. The molecule has 2 rings (SSSR count). The number of pyridine rings is 1. The molecule has 0 amide bonds. The van der Waals surface area contributed by atoms with Gasteiger partial charge in [0.2, 0.25) is 11.6 Å². The van der Waals surface area contributed by atoms with E-state index in [9.17, 15) is 10.1 Å². The van der Waals surface area contributed by atoms with Gasteiger partial charge in [0.05, 0.1) is 18.1 Å². The second kappa shape index (κ2) is 9.94. The molecule has 0 aromatic carbocycles. The van der Waals surface area contributed by atoms with Gasteiger partial charge >= 0.3 is 5.69 Å². The van der Waals surface area contributed by atoms with Gasteiger partial charge in [-0.05, 0) is 28.1 Å². The Labute approximate surface area is 158 Å². The van der Waals surface area contributed by atoms with Crippen molar-refractivity contribution >= 4 is 39.1 Å². The molecule has 1 N–H and O–H groups in total. The maximum absolute atomic E-state index is 11.7. The number of ether oxygens (including phenoxy) is 2. The fraction of sp³-hybridized carbons (Fsp3) is 0.400. The first-order chi connectivity index (χ1) is 12.6. The average Bonchev–Trinajstić information content (AvgIpc) is 2.63. The molecule has 0 aliphatic rings. The number of nitro groups is 1. The van der Waals surface area contributed by atoms with E-state index in [1.807, 2.05) is 0 Å². The summed E-state index contributed by atoms with van der Waals surface area (Å²) in [5, 5.41) is 14.6. The lowest BCUT2D eigenvalue weighted by Gasteiger charge is -2.23. The Balaban J connectivity index is 2.38. The largest absolute Gasteiger partial charge is 0.383 e. The van der Waals surface area contributed by atoms with Crippen molar-refractivity contribution < 1.29 is 14.4 Å². The molecule has 140 valence electrons. The molecule has 0 saturated heterocycles. The molecule has 10 nitrogen and oxygen atoms in total. The minimum absolute atomic E-state index is 0.0645. The molecule has 0 aliphatic heterocycles. The van der Waals surface area contributed by atoms with E-state index in [4.69, 9.17) is 9.47 Å². The molecule has 2 aromatic heterocycles. The van der Waals surface area contributed by atoms with Crippen molar-refractivity contribution in [2.45, 2.75) is 0 Å². The number of methoxy groups -OCH3 is 2. The highest BCUT2D eigenvalue weighted by molar-refractivity contribution is 9.10. The van der Waals surface area contributed by atoms with Crippen molar-refractivity contribution in [3.05, 3.63) is 39.2 Å². The van der Waals surface area contributed by atoms with Crippen LogP contribution in [0.1, 0.15) is 0 Å². The Hall–Kier alpha value is -2.37. The predicted molar refractivity (Wildman–Crippen MR) is 99.9 cm³/mol. The summed E-state index contributed by atoms with van der Waals surface area (Å²) in [6, 6.07) is 3.45. The van der Waals surface area contributed by atoms with E-state index in [0.717, 1.165) is 4.47 Å². The second-order valence-corrected chi connectivity index (χ2v) is 6.03. The van der Waals surface area contributed by atoms with Gasteiger partial charge in [-0.2, -0.15) is 0 Å². The summed E-state index contributed by atoms with van der Waals surface area (Å²) >= 11 is 3.29. The van der Waals surface area contributed by atoms with Crippen LogP contribution >= 0.6 is 15.9 Å². The fourth-order valence-electron chi connectivity index (χ4n) is 2.16. The van der Waals surface area contributed by atoms with Crippen LogP contribution in [-0.4, -0.2) is 60.4 Å². The highest BCUT2D eigenvalue weighted by atomic mass is 79.9. The number of rotatable bonds is 10. The molecule has 0 fully saturated rings. The van der Waals surface area contributed by atoms with Gasteiger partial charge in [0.15, 0.2) is 0 Å². The smallest absolute Gasteiger partial charge is 0.353 e. The Bertz CT molecular complexity index is 723. The molecule has 0 bridgehead atoms. The molecule has 0 radical (unpaired) electrons. The van der Waals surface area contributed by atoms with E-state index in [2.05, 4.69) is 36.2 Å². The molecule has 0 saturated carbocycles. The fourth-order valence-corrected chi connectivity index (χ4v) is 2.39. The summed E-state index contributed by atoms with van der Waals surface area (Å²) in [6.45, 7) is 1.63. The molecule has 26 heavy (non-hydrogen) atoms. The average molecular weight is 427 g/mol. The highest BCUT2D eigenvalue weighted by Crippen LogP contribution is 2.33. The maximum Gasteiger partial charge on any atom is 0.353 e. The summed E-state index contributed by atoms with van der Waals surface area (Å²) in [7, 11) is 3.13. The van der Waals surface area contributed by atoms with Crippen molar-refractivity contribution in [1.29, 1.82) is 0 Å². The lowest BCUT2D eigenvalue weighted by atomic mass is 10.3. The minimum Gasteiger partial charge on any atom is -0.383 e. The van der Waals surface area contributed by atoms with Crippen LogP contribution in [0.5, 0.6) is 0 Å². The van der Waals surface area contributed by atoms with Crippen molar-refractivity contribution in [1.82, 2.24) is 15.0 Å². The maximum atomic E-state index is 11.7. The molecular formula is C15H19BrN6O4. The van der Waals surface area contributed by atoms with Gasteiger partial charge in [-0.3, -0.25) is 10.1 Å². The third kappa shape index (κ3) is 5.31. The monoisotopic (exact) mass is 426 g/mol. The molecule has 2 aromatic rings. The zero-order valence-corrected chi connectivity index (χ0v) is 16.0. The van der Waals surface area contributed by atoms with Crippen LogP contribution in [0.2, 0.25) is 0 Å². The van der Waals surface area contributed by atoms with Crippen molar-refractivity contribution in [3.8, 4) is 0 Å². The van der Waals surface area contributed by atoms with Crippen LogP contribution in [0.25, 0.3) is 0 Å². The standard InChI is InChI=1S/C15H19BrN6O4/c1-25-7-5-21(6-8-26-2)15-13(22(23)24)14(18-10-19-15)20-12-4-3-11(16)9-17-12/h3-4,9-10H,5-8H2,1-2H3,(H,17,18,19,20). The molecular weight excluding hydrogens is 408 g/mol. The lowest BCUT2D eigenvalue weighted by Crippen LogP contribution is -2.32. The Kier molecular flexibility index (Phi) is 7.63. The summed E-state index contributed by atoms with van der Waals surface area (Å²) in [6.07, 6.45) is 2.86. The Morgan fingerprint density at radius 2 is 1.88 bits per heavy atom. The molecule has 2 heterocycles. The first-order valence-corrected chi connectivity index (χ1v) is 8.47. The van der Waals surface area contributed by atoms with Gasteiger partial charge in [0.1, 0.15) is 12.1 Å². The van der Waals surface area contributed by atoms with Crippen LogP contribution in [-0.2, 0) is 9.47 Å². The molecule has 0 spiro atoms. The van der Waals surface area contributed by atoms with Crippen LogP contribution in [0.15, 0.2) is 29.1 Å². The van der Waals surface area contributed by atoms with Gasteiger partial charge in [-0.15, -0.1) is 0 Å². The molecule has 0 unspecified atom stereocenters. The first-order valence-electron chi connectivity index (χ1n) is 7.67.